The fourth-order valence-electron chi connectivity index (χ4n) is 4.84. The van der Waals surface area contributed by atoms with Gasteiger partial charge in [-0.05, 0) is 39.0 Å². The van der Waals surface area contributed by atoms with E-state index in [1.165, 1.54) is 57.9 Å². The number of aliphatic imine (C=N–C) groups is 1. The van der Waals surface area contributed by atoms with Crippen LogP contribution >= 0.6 is 0 Å². The Morgan fingerprint density at radius 2 is 1.70 bits per heavy atom. The third kappa shape index (κ3) is 6.66. The van der Waals surface area contributed by atoms with Gasteiger partial charge in [-0.1, -0.05) is 32.1 Å². The van der Waals surface area contributed by atoms with Gasteiger partial charge in [0.1, 0.15) is 0 Å². The fourth-order valence-corrected chi connectivity index (χ4v) is 4.84. The molecule has 1 amide bonds. The van der Waals surface area contributed by atoms with E-state index >= 15 is 0 Å². The lowest BCUT2D eigenvalue weighted by Crippen LogP contribution is -2.45. The van der Waals surface area contributed by atoms with E-state index in [2.05, 4.69) is 32.8 Å². The summed E-state index contributed by atoms with van der Waals surface area (Å²) >= 11 is 0. The van der Waals surface area contributed by atoms with Crippen LogP contribution < -0.4 is 16.0 Å². The van der Waals surface area contributed by atoms with Crippen molar-refractivity contribution < 1.29 is 4.79 Å². The van der Waals surface area contributed by atoms with Gasteiger partial charge in [-0.15, -0.1) is 0 Å². The molecule has 1 aliphatic heterocycles. The number of carbonyl (C=O) groups excluding carboxylic acids is 1. The number of rotatable bonds is 7. The van der Waals surface area contributed by atoms with Crippen LogP contribution in [0.5, 0.6) is 0 Å². The van der Waals surface area contributed by atoms with Crippen LogP contribution in [0.1, 0.15) is 77.6 Å². The normalized spacial score (nSPS) is 25.7. The SMILES string of the molecule is CCNC(=NCCC(=O)NC1CCCCC1)NC1CCN(C2CCCC2)C1. The summed E-state index contributed by atoms with van der Waals surface area (Å²) in [5.41, 5.74) is 0. The first-order valence-electron chi connectivity index (χ1n) is 11.3. The van der Waals surface area contributed by atoms with Crippen molar-refractivity contribution in [3.05, 3.63) is 0 Å². The summed E-state index contributed by atoms with van der Waals surface area (Å²) in [6.45, 7) is 5.81. The number of carbonyl (C=O) groups is 1. The molecule has 154 valence electrons. The van der Waals surface area contributed by atoms with Crippen molar-refractivity contribution in [2.45, 2.75) is 95.7 Å². The van der Waals surface area contributed by atoms with Crippen LogP contribution in [0.4, 0.5) is 0 Å². The highest BCUT2D eigenvalue weighted by Crippen LogP contribution is 2.26. The van der Waals surface area contributed by atoms with Crippen LogP contribution in [0.25, 0.3) is 0 Å². The van der Waals surface area contributed by atoms with Crippen molar-refractivity contribution in [2.24, 2.45) is 4.99 Å². The van der Waals surface area contributed by atoms with Gasteiger partial charge in [0, 0.05) is 44.2 Å². The molecule has 2 saturated carbocycles. The van der Waals surface area contributed by atoms with Crippen molar-refractivity contribution >= 4 is 11.9 Å². The molecule has 2 aliphatic carbocycles. The zero-order valence-corrected chi connectivity index (χ0v) is 17.1. The maximum absolute atomic E-state index is 12.2. The Balaban J connectivity index is 1.39. The van der Waals surface area contributed by atoms with Crippen LogP contribution in [-0.4, -0.2) is 61.1 Å². The summed E-state index contributed by atoms with van der Waals surface area (Å²) in [6, 6.07) is 1.67. The minimum atomic E-state index is 0.148. The van der Waals surface area contributed by atoms with E-state index in [9.17, 15) is 4.79 Å². The van der Waals surface area contributed by atoms with E-state index in [1.807, 2.05) is 0 Å². The molecule has 0 aromatic rings. The second-order valence-electron chi connectivity index (χ2n) is 8.48. The molecule has 1 unspecified atom stereocenters. The molecule has 1 heterocycles. The molecule has 6 nitrogen and oxygen atoms in total. The quantitative estimate of drug-likeness (QED) is 0.471. The number of likely N-dealkylation sites (tertiary alicyclic amines) is 1. The van der Waals surface area contributed by atoms with Gasteiger partial charge < -0.3 is 16.0 Å². The van der Waals surface area contributed by atoms with Gasteiger partial charge in [0.15, 0.2) is 5.96 Å². The first-order chi connectivity index (χ1) is 13.2. The summed E-state index contributed by atoms with van der Waals surface area (Å²) in [4.78, 5) is 19.5. The van der Waals surface area contributed by atoms with Crippen LogP contribution in [0.15, 0.2) is 4.99 Å². The molecule has 0 aromatic carbocycles. The molecule has 1 atom stereocenters. The van der Waals surface area contributed by atoms with E-state index < -0.39 is 0 Å². The molecule has 0 aromatic heterocycles. The highest BCUT2D eigenvalue weighted by molar-refractivity contribution is 5.81. The summed E-state index contributed by atoms with van der Waals surface area (Å²) in [5.74, 6) is 1.01. The van der Waals surface area contributed by atoms with Gasteiger partial charge in [-0.2, -0.15) is 0 Å². The summed E-state index contributed by atoms with van der Waals surface area (Å²) in [7, 11) is 0. The van der Waals surface area contributed by atoms with E-state index in [1.54, 1.807) is 0 Å². The van der Waals surface area contributed by atoms with E-state index in [-0.39, 0.29) is 5.91 Å². The largest absolute Gasteiger partial charge is 0.357 e. The first-order valence-corrected chi connectivity index (χ1v) is 11.3. The molecule has 27 heavy (non-hydrogen) atoms. The minimum Gasteiger partial charge on any atom is -0.357 e. The lowest BCUT2D eigenvalue weighted by atomic mass is 9.95. The highest BCUT2D eigenvalue weighted by atomic mass is 16.1. The zero-order chi connectivity index (χ0) is 18.9. The standard InChI is InChI=1S/C21H39N5O/c1-2-22-21(23-14-12-20(27)24-17-8-4-3-5-9-17)25-18-13-15-26(16-18)19-10-6-7-11-19/h17-19H,2-16H2,1H3,(H,24,27)(H2,22,23,25). The molecule has 0 bridgehead atoms. The molecule has 3 aliphatic rings. The van der Waals surface area contributed by atoms with E-state index in [0.717, 1.165) is 37.9 Å². The predicted molar refractivity (Wildman–Crippen MR) is 111 cm³/mol. The van der Waals surface area contributed by atoms with E-state index in [0.29, 0.717) is 25.0 Å². The van der Waals surface area contributed by atoms with Crippen LogP contribution in [0.3, 0.4) is 0 Å². The van der Waals surface area contributed by atoms with Crippen LogP contribution in [-0.2, 0) is 4.79 Å². The number of hydrogen-bond donors (Lipinski definition) is 3. The van der Waals surface area contributed by atoms with Gasteiger partial charge in [-0.3, -0.25) is 14.7 Å². The smallest absolute Gasteiger partial charge is 0.222 e. The van der Waals surface area contributed by atoms with Crippen molar-refractivity contribution in [1.82, 2.24) is 20.9 Å². The van der Waals surface area contributed by atoms with Crippen LogP contribution in [0.2, 0.25) is 0 Å². The Kier molecular flexibility index (Phi) is 8.24. The third-order valence-corrected chi connectivity index (χ3v) is 6.32. The molecular weight excluding hydrogens is 338 g/mol. The molecule has 0 radical (unpaired) electrons. The Bertz CT molecular complexity index is 483. The monoisotopic (exact) mass is 377 g/mol. The third-order valence-electron chi connectivity index (χ3n) is 6.32. The van der Waals surface area contributed by atoms with E-state index in [4.69, 9.17) is 0 Å². The maximum Gasteiger partial charge on any atom is 0.222 e. The summed E-state index contributed by atoms with van der Waals surface area (Å²) < 4.78 is 0. The second-order valence-corrected chi connectivity index (χ2v) is 8.48. The van der Waals surface area contributed by atoms with Gasteiger partial charge in [0.2, 0.25) is 5.91 Å². The molecule has 3 rings (SSSR count). The minimum absolute atomic E-state index is 0.148. The number of guanidine groups is 1. The first kappa shape index (κ1) is 20.4. The average molecular weight is 378 g/mol. The molecule has 1 saturated heterocycles. The molecular formula is C21H39N5O. The summed E-state index contributed by atoms with van der Waals surface area (Å²) in [5, 5.41) is 10.1. The Hall–Kier alpha value is -1.30. The average Bonchev–Trinajstić information content (AvgIpc) is 3.34. The van der Waals surface area contributed by atoms with Crippen LogP contribution in [0, 0.1) is 0 Å². The van der Waals surface area contributed by atoms with Crippen molar-refractivity contribution in [1.29, 1.82) is 0 Å². The molecule has 3 fully saturated rings. The number of nitrogens with one attached hydrogen (secondary N) is 3. The molecule has 0 spiro atoms. The second kappa shape index (κ2) is 10.9. The Morgan fingerprint density at radius 1 is 0.963 bits per heavy atom. The lowest BCUT2D eigenvalue weighted by Gasteiger charge is -2.24. The van der Waals surface area contributed by atoms with Crippen molar-refractivity contribution in [3.8, 4) is 0 Å². The summed E-state index contributed by atoms with van der Waals surface area (Å²) in [6.07, 6.45) is 13.3. The Morgan fingerprint density at radius 3 is 2.44 bits per heavy atom. The van der Waals surface area contributed by atoms with Gasteiger partial charge in [-0.25, -0.2) is 0 Å². The van der Waals surface area contributed by atoms with Gasteiger partial charge in [0.25, 0.3) is 0 Å². The van der Waals surface area contributed by atoms with Crippen molar-refractivity contribution in [3.63, 3.8) is 0 Å². The predicted octanol–water partition coefficient (Wildman–Crippen LogP) is 2.40. The molecule has 6 heteroatoms. The Labute approximate surface area is 164 Å². The number of amides is 1. The topological polar surface area (TPSA) is 68.8 Å². The fraction of sp³-hybridized carbons (Fsp3) is 0.905. The number of hydrogen-bond acceptors (Lipinski definition) is 3. The molecule has 3 N–H and O–H groups in total. The lowest BCUT2D eigenvalue weighted by molar-refractivity contribution is -0.121. The number of nitrogens with zero attached hydrogens (tertiary/aromatic N) is 2. The highest BCUT2D eigenvalue weighted by Gasteiger charge is 2.30. The van der Waals surface area contributed by atoms with Gasteiger partial charge >= 0.3 is 0 Å². The zero-order valence-electron chi connectivity index (χ0n) is 17.1. The van der Waals surface area contributed by atoms with Crippen molar-refractivity contribution in [2.75, 3.05) is 26.2 Å². The van der Waals surface area contributed by atoms with Gasteiger partial charge in [0.05, 0.1) is 6.54 Å². The maximum atomic E-state index is 12.2.